The molecule has 1 rings (SSSR count). The zero-order valence-corrected chi connectivity index (χ0v) is 10.4. The third-order valence-electron chi connectivity index (χ3n) is 2.16. The normalized spacial score (nSPS) is 10.7. The highest BCUT2D eigenvalue weighted by Crippen LogP contribution is 2.01. The number of carboxylic acids is 2. The number of alkyl carbamates (subject to hydrolysis) is 1. The van der Waals surface area contributed by atoms with E-state index in [-0.39, 0.29) is 6.61 Å². The monoisotopic (exact) mass is 279 g/mol. The second-order valence-corrected chi connectivity index (χ2v) is 3.71. The minimum atomic E-state index is -1.44. The summed E-state index contributed by atoms with van der Waals surface area (Å²) < 4.78 is 4.81. The largest absolute Gasteiger partial charge is 0.481 e. The minimum absolute atomic E-state index is 0.0154. The van der Waals surface area contributed by atoms with Gasteiger partial charge in [-0.05, 0) is 11.6 Å². The fourth-order valence-corrected chi connectivity index (χ4v) is 1.25. The molecule has 106 valence electrons. The zero-order chi connectivity index (χ0) is 15.0. The molecule has 0 aliphatic carbocycles. The van der Waals surface area contributed by atoms with Gasteiger partial charge in [-0.25, -0.2) is 9.59 Å². The van der Waals surface area contributed by atoms with Gasteiger partial charge in [-0.15, -0.1) is 0 Å². The molecule has 0 atom stereocenters. The lowest BCUT2D eigenvalue weighted by molar-refractivity contribution is -0.136. The molecule has 0 saturated carbocycles. The number of carbonyl (C=O) groups is 3. The molecule has 3 N–H and O–H groups in total. The van der Waals surface area contributed by atoms with E-state index in [0.717, 1.165) is 11.6 Å². The van der Waals surface area contributed by atoms with Crippen molar-refractivity contribution in [3.63, 3.8) is 0 Å². The third-order valence-corrected chi connectivity index (χ3v) is 2.16. The number of aliphatic carboxylic acids is 2. The number of carboxylic acid groups (broad SMARTS) is 2. The van der Waals surface area contributed by atoms with Gasteiger partial charge in [0.15, 0.2) is 0 Å². The summed E-state index contributed by atoms with van der Waals surface area (Å²) in [7, 11) is 0. The van der Waals surface area contributed by atoms with E-state index in [9.17, 15) is 14.4 Å². The Hall–Kier alpha value is -2.83. The van der Waals surface area contributed by atoms with Crippen molar-refractivity contribution in [2.45, 2.75) is 13.0 Å². The molecule has 0 spiro atoms. The van der Waals surface area contributed by atoms with Crippen LogP contribution >= 0.6 is 0 Å². The lowest BCUT2D eigenvalue weighted by atomic mass is 10.2. The maximum Gasteiger partial charge on any atom is 0.412 e. The van der Waals surface area contributed by atoms with Crippen LogP contribution in [0, 0.1) is 0 Å². The van der Waals surface area contributed by atoms with E-state index in [1.165, 1.54) is 0 Å². The molecule has 7 nitrogen and oxygen atoms in total. The first-order chi connectivity index (χ1) is 9.49. The van der Waals surface area contributed by atoms with Crippen LogP contribution in [-0.4, -0.2) is 28.2 Å². The van der Waals surface area contributed by atoms with Crippen LogP contribution in [0.2, 0.25) is 0 Å². The van der Waals surface area contributed by atoms with Crippen LogP contribution in [0.1, 0.15) is 12.0 Å². The van der Waals surface area contributed by atoms with E-state index in [1.807, 2.05) is 5.32 Å². The van der Waals surface area contributed by atoms with Crippen molar-refractivity contribution >= 4 is 18.0 Å². The van der Waals surface area contributed by atoms with Crippen LogP contribution in [0.25, 0.3) is 0 Å². The molecular weight excluding hydrogens is 266 g/mol. The molecule has 7 heteroatoms. The van der Waals surface area contributed by atoms with Crippen LogP contribution in [0.15, 0.2) is 42.1 Å². The molecule has 0 fully saturated rings. The van der Waals surface area contributed by atoms with E-state index >= 15 is 0 Å². The summed E-state index contributed by atoms with van der Waals surface area (Å²) in [5.74, 6) is -2.65. The van der Waals surface area contributed by atoms with Crippen molar-refractivity contribution in [2.24, 2.45) is 0 Å². The van der Waals surface area contributed by atoms with Gasteiger partial charge in [0.25, 0.3) is 0 Å². The van der Waals surface area contributed by atoms with Gasteiger partial charge in [-0.3, -0.25) is 10.1 Å². The molecule has 1 aromatic carbocycles. The number of nitrogens with one attached hydrogen (secondary N) is 1. The fourth-order valence-electron chi connectivity index (χ4n) is 1.25. The van der Waals surface area contributed by atoms with Gasteiger partial charge < -0.3 is 14.9 Å². The lowest BCUT2D eigenvalue weighted by Crippen LogP contribution is -2.28. The van der Waals surface area contributed by atoms with Gasteiger partial charge >= 0.3 is 18.0 Å². The number of ether oxygens (including phenoxy) is 1. The molecule has 0 aromatic heterocycles. The quantitative estimate of drug-likeness (QED) is 0.677. The highest BCUT2D eigenvalue weighted by Gasteiger charge is 2.12. The number of rotatable bonds is 6. The Balaban J connectivity index is 2.52. The molecule has 20 heavy (non-hydrogen) atoms. The molecule has 0 aliphatic heterocycles. The number of hydrogen-bond donors (Lipinski definition) is 3. The van der Waals surface area contributed by atoms with E-state index in [0.29, 0.717) is 0 Å². The van der Waals surface area contributed by atoms with E-state index in [4.69, 9.17) is 14.9 Å². The minimum Gasteiger partial charge on any atom is -0.481 e. The van der Waals surface area contributed by atoms with E-state index in [1.54, 1.807) is 30.3 Å². The summed E-state index contributed by atoms with van der Waals surface area (Å²) in [5.41, 5.74) is 0.208. The van der Waals surface area contributed by atoms with Crippen LogP contribution in [0.3, 0.4) is 0 Å². The van der Waals surface area contributed by atoms with Gasteiger partial charge in [-0.1, -0.05) is 30.3 Å². The Kier molecular flexibility index (Phi) is 5.76. The molecule has 1 amide bonds. The van der Waals surface area contributed by atoms with Gasteiger partial charge in [0, 0.05) is 0 Å². The van der Waals surface area contributed by atoms with Crippen LogP contribution in [0.4, 0.5) is 4.79 Å². The number of carbonyl (C=O) groups excluding carboxylic acids is 1. The summed E-state index contributed by atoms with van der Waals surface area (Å²) in [6.07, 6.45) is -0.595. The van der Waals surface area contributed by atoms with Crippen molar-refractivity contribution in [1.29, 1.82) is 0 Å². The Morgan fingerprint density at radius 2 is 1.80 bits per heavy atom. The Bertz CT molecular complexity index is 523. The Labute approximate surface area is 114 Å². The third kappa shape index (κ3) is 5.67. The molecule has 0 heterocycles. The number of benzene rings is 1. The topological polar surface area (TPSA) is 113 Å². The maximum absolute atomic E-state index is 11.4. The highest BCUT2D eigenvalue weighted by molar-refractivity contribution is 5.91. The first-order valence-corrected chi connectivity index (χ1v) is 5.62. The van der Waals surface area contributed by atoms with Crippen molar-refractivity contribution in [2.75, 3.05) is 0 Å². The molecule has 0 bridgehead atoms. The average molecular weight is 279 g/mol. The van der Waals surface area contributed by atoms with E-state index < -0.39 is 30.1 Å². The summed E-state index contributed by atoms with van der Waals surface area (Å²) >= 11 is 0. The van der Waals surface area contributed by atoms with Crippen molar-refractivity contribution in [3.8, 4) is 0 Å². The smallest absolute Gasteiger partial charge is 0.412 e. The van der Waals surface area contributed by atoms with Crippen LogP contribution in [0.5, 0.6) is 0 Å². The summed E-state index contributed by atoms with van der Waals surface area (Å²) in [6.45, 7) is -0.0154. The number of hydrogen-bond acceptors (Lipinski definition) is 4. The van der Waals surface area contributed by atoms with Crippen molar-refractivity contribution in [3.05, 3.63) is 47.7 Å². The lowest BCUT2D eigenvalue weighted by Gasteiger charge is -2.07. The molecular formula is C13H13NO6. The number of amides is 1. The second kappa shape index (κ2) is 7.57. The zero-order valence-electron chi connectivity index (χ0n) is 10.4. The maximum atomic E-state index is 11.4. The predicted molar refractivity (Wildman–Crippen MR) is 67.7 cm³/mol. The fraction of sp³-hybridized carbons (Fsp3) is 0.154. The first-order valence-electron chi connectivity index (χ1n) is 5.62. The average Bonchev–Trinajstić information content (AvgIpc) is 2.41. The SMILES string of the molecule is O=C(O)CC=C(NC(=O)OCc1ccccc1)C(=O)O. The summed E-state index contributed by atoms with van der Waals surface area (Å²) in [5, 5.41) is 19.2. The standard InChI is InChI=1S/C13H13NO6/c15-11(16)7-6-10(12(17)18)14-13(19)20-8-9-4-2-1-3-5-9/h1-6H,7-8H2,(H,14,19)(H,15,16)(H,17,18). The van der Waals surface area contributed by atoms with Gasteiger partial charge in [0.2, 0.25) is 0 Å². The van der Waals surface area contributed by atoms with Crippen molar-refractivity contribution in [1.82, 2.24) is 5.32 Å². The Morgan fingerprint density at radius 1 is 1.15 bits per heavy atom. The molecule has 0 unspecified atom stereocenters. The van der Waals surface area contributed by atoms with Gasteiger partial charge in [0.1, 0.15) is 12.3 Å². The molecule has 1 aromatic rings. The van der Waals surface area contributed by atoms with Crippen LogP contribution < -0.4 is 5.32 Å². The van der Waals surface area contributed by atoms with Crippen LogP contribution in [-0.2, 0) is 20.9 Å². The summed E-state index contributed by atoms with van der Waals surface area (Å²) in [6, 6.07) is 8.83. The van der Waals surface area contributed by atoms with E-state index in [2.05, 4.69) is 0 Å². The summed E-state index contributed by atoms with van der Waals surface area (Å²) in [4.78, 5) is 32.5. The first kappa shape index (κ1) is 15.2. The molecule has 0 aliphatic rings. The van der Waals surface area contributed by atoms with Crippen molar-refractivity contribution < 1.29 is 29.3 Å². The van der Waals surface area contributed by atoms with Gasteiger partial charge in [-0.2, -0.15) is 0 Å². The predicted octanol–water partition coefficient (Wildman–Crippen LogP) is 1.36. The van der Waals surface area contributed by atoms with Gasteiger partial charge in [0.05, 0.1) is 6.42 Å². The molecule has 0 saturated heterocycles. The Morgan fingerprint density at radius 3 is 2.35 bits per heavy atom. The molecule has 0 radical (unpaired) electrons. The second-order valence-electron chi connectivity index (χ2n) is 3.71. The highest BCUT2D eigenvalue weighted by atomic mass is 16.5.